The number of hydrogen-bond acceptors (Lipinski definition) is 4. The molecule has 0 bridgehead atoms. The lowest BCUT2D eigenvalue weighted by molar-refractivity contribution is -0.119. The summed E-state index contributed by atoms with van der Waals surface area (Å²) < 4.78 is 5.79. The molecule has 0 radical (unpaired) electrons. The number of ether oxygens (including phenoxy) is 1. The third-order valence-electron chi connectivity index (χ3n) is 4.15. The maximum atomic E-state index is 12.2. The van der Waals surface area contributed by atoms with Crippen molar-refractivity contribution in [2.75, 3.05) is 5.32 Å². The summed E-state index contributed by atoms with van der Waals surface area (Å²) >= 11 is 0. The first-order valence-corrected chi connectivity index (χ1v) is 7.87. The average Bonchev–Trinajstić information content (AvgIpc) is 2.98. The molecular formula is C18H23Cl2N3O2. The summed E-state index contributed by atoms with van der Waals surface area (Å²) in [5.41, 5.74) is 7.61. The number of aromatic nitrogens is 1. The zero-order valence-corrected chi connectivity index (χ0v) is 15.6. The predicted octanol–water partition coefficient (Wildman–Crippen LogP) is 4.09. The van der Waals surface area contributed by atoms with Gasteiger partial charge in [-0.15, -0.1) is 24.8 Å². The Morgan fingerprint density at radius 1 is 1.28 bits per heavy atom. The summed E-state index contributed by atoms with van der Waals surface area (Å²) in [5, 5.41) is 2.97. The van der Waals surface area contributed by atoms with E-state index in [0.29, 0.717) is 5.75 Å². The molecule has 2 atom stereocenters. The first-order valence-electron chi connectivity index (χ1n) is 7.87. The highest BCUT2D eigenvalue weighted by Crippen LogP contribution is 2.29. The van der Waals surface area contributed by atoms with Crippen molar-refractivity contribution < 1.29 is 9.53 Å². The second-order valence-corrected chi connectivity index (χ2v) is 6.03. The molecule has 0 saturated heterocycles. The number of anilines is 1. The van der Waals surface area contributed by atoms with Crippen LogP contribution in [0.1, 0.15) is 24.8 Å². The summed E-state index contributed by atoms with van der Waals surface area (Å²) in [7, 11) is 0. The molecule has 136 valence electrons. The SMILES string of the molecule is Cc1cc(NC(=O)C2CCC(N)C2)ccc1Oc1cccnc1.Cl.Cl. The van der Waals surface area contributed by atoms with Crippen molar-refractivity contribution in [1.82, 2.24) is 4.98 Å². The highest BCUT2D eigenvalue weighted by atomic mass is 35.5. The molecule has 2 unspecified atom stereocenters. The zero-order chi connectivity index (χ0) is 16.2. The molecule has 3 N–H and O–H groups in total. The lowest BCUT2D eigenvalue weighted by Gasteiger charge is -2.13. The molecule has 0 aliphatic heterocycles. The first kappa shape index (κ1) is 21.2. The molecule has 0 spiro atoms. The molecule has 1 aliphatic carbocycles. The number of carbonyl (C=O) groups excluding carboxylic acids is 1. The van der Waals surface area contributed by atoms with Crippen molar-refractivity contribution in [3.8, 4) is 11.5 Å². The van der Waals surface area contributed by atoms with Gasteiger partial charge in [-0.05, 0) is 62.1 Å². The fraction of sp³-hybridized carbons (Fsp3) is 0.333. The van der Waals surface area contributed by atoms with E-state index in [1.165, 1.54) is 0 Å². The standard InChI is InChI=1S/C18H21N3O2.2ClH/c1-12-9-15(21-18(22)13-4-5-14(19)10-13)6-7-17(12)23-16-3-2-8-20-11-16;;/h2-3,6-9,11,13-14H,4-5,10,19H2,1H3,(H,21,22);2*1H. The molecule has 2 aromatic rings. The van der Waals surface area contributed by atoms with Crippen LogP contribution in [0.5, 0.6) is 11.5 Å². The van der Waals surface area contributed by atoms with Crippen LogP contribution in [0.3, 0.4) is 0 Å². The number of pyridine rings is 1. The summed E-state index contributed by atoms with van der Waals surface area (Å²) in [6.07, 6.45) is 5.93. The summed E-state index contributed by atoms with van der Waals surface area (Å²) in [6.45, 7) is 1.95. The number of nitrogens with zero attached hydrogens (tertiary/aromatic N) is 1. The highest BCUT2D eigenvalue weighted by molar-refractivity contribution is 5.93. The van der Waals surface area contributed by atoms with Gasteiger partial charge in [-0.1, -0.05) is 0 Å². The third kappa shape index (κ3) is 5.59. The van der Waals surface area contributed by atoms with Gasteiger partial charge in [0, 0.05) is 23.8 Å². The molecule has 5 nitrogen and oxygen atoms in total. The largest absolute Gasteiger partial charge is 0.455 e. The molecule has 1 fully saturated rings. The van der Waals surface area contributed by atoms with Crippen molar-refractivity contribution in [2.24, 2.45) is 11.7 Å². The highest BCUT2D eigenvalue weighted by Gasteiger charge is 2.27. The fourth-order valence-electron chi connectivity index (χ4n) is 2.87. The Morgan fingerprint density at radius 3 is 2.68 bits per heavy atom. The van der Waals surface area contributed by atoms with E-state index < -0.39 is 0 Å². The number of benzene rings is 1. The van der Waals surface area contributed by atoms with Gasteiger partial charge in [-0.25, -0.2) is 0 Å². The number of aryl methyl sites for hydroxylation is 1. The molecule has 3 rings (SSSR count). The first-order chi connectivity index (χ1) is 11.1. The van der Waals surface area contributed by atoms with E-state index in [1.807, 2.05) is 37.3 Å². The van der Waals surface area contributed by atoms with Crippen LogP contribution in [0.4, 0.5) is 5.69 Å². The van der Waals surface area contributed by atoms with Crippen molar-refractivity contribution >= 4 is 36.4 Å². The van der Waals surface area contributed by atoms with E-state index in [2.05, 4.69) is 10.3 Å². The second kappa shape index (κ2) is 9.61. The summed E-state index contributed by atoms with van der Waals surface area (Å²) in [5.74, 6) is 1.51. The van der Waals surface area contributed by atoms with Crippen molar-refractivity contribution in [3.05, 3.63) is 48.3 Å². The van der Waals surface area contributed by atoms with Crippen LogP contribution in [-0.2, 0) is 4.79 Å². The predicted molar refractivity (Wildman–Crippen MR) is 104 cm³/mol. The van der Waals surface area contributed by atoms with Gasteiger partial charge in [-0.3, -0.25) is 9.78 Å². The smallest absolute Gasteiger partial charge is 0.227 e. The minimum Gasteiger partial charge on any atom is -0.455 e. The lowest BCUT2D eigenvalue weighted by Crippen LogP contribution is -2.23. The lowest BCUT2D eigenvalue weighted by atomic mass is 10.1. The van der Waals surface area contributed by atoms with Crippen LogP contribution in [0.15, 0.2) is 42.7 Å². The van der Waals surface area contributed by atoms with Gasteiger partial charge in [-0.2, -0.15) is 0 Å². The maximum absolute atomic E-state index is 12.2. The topological polar surface area (TPSA) is 77.2 Å². The number of nitrogens with two attached hydrogens (primary N) is 1. The van der Waals surface area contributed by atoms with E-state index >= 15 is 0 Å². The number of carbonyl (C=O) groups is 1. The number of halogens is 2. The van der Waals surface area contributed by atoms with Gasteiger partial charge in [0.15, 0.2) is 0 Å². The molecule has 1 heterocycles. The number of nitrogens with one attached hydrogen (secondary N) is 1. The van der Waals surface area contributed by atoms with E-state index in [4.69, 9.17) is 10.5 Å². The normalized spacial score (nSPS) is 18.6. The average molecular weight is 384 g/mol. The molecule has 7 heteroatoms. The van der Waals surface area contributed by atoms with Crippen LogP contribution < -0.4 is 15.8 Å². The van der Waals surface area contributed by atoms with Crippen molar-refractivity contribution in [3.63, 3.8) is 0 Å². The Hall–Kier alpha value is -1.82. The van der Waals surface area contributed by atoms with Gasteiger partial charge < -0.3 is 15.8 Å². The Balaban J connectivity index is 0.00000156. The minimum atomic E-state index is 0. The van der Waals surface area contributed by atoms with Crippen molar-refractivity contribution in [1.29, 1.82) is 0 Å². The number of amides is 1. The molecule has 1 saturated carbocycles. The Bertz CT molecular complexity index is 698. The van der Waals surface area contributed by atoms with Crippen LogP contribution in [0.25, 0.3) is 0 Å². The maximum Gasteiger partial charge on any atom is 0.227 e. The Morgan fingerprint density at radius 2 is 2.08 bits per heavy atom. The minimum absolute atomic E-state index is 0. The van der Waals surface area contributed by atoms with Crippen LogP contribution in [0.2, 0.25) is 0 Å². The van der Waals surface area contributed by atoms with Gasteiger partial charge >= 0.3 is 0 Å². The molecule has 1 aromatic carbocycles. The Labute approximate surface area is 160 Å². The molecule has 1 aliphatic rings. The van der Waals surface area contributed by atoms with Crippen LogP contribution >= 0.6 is 24.8 Å². The Kier molecular flexibility index (Phi) is 8.16. The van der Waals surface area contributed by atoms with E-state index in [1.54, 1.807) is 12.4 Å². The fourth-order valence-corrected chi connectivity index (χ4v) is 2.87. The van der Waals surface area contributed by atoms with E-state index in [-0.39, 0.29) is 42.7 Å². The number of rotatable bonds is 4. The molecule has 1 amide bonds. The zero-order valence-electron chi connectivity index (χ0n) is 14.0. The second-order valence-electron chi connectivity index (χ2n) is 6.03. The van der Waals surface area contributed by atoms with Gasteiger partial charge in [0.2, 0.25) is 5.91 Å². The third-order valence-corrected chi connectivity index (χ3v) is 4.15. The molecular weight excluding hydrogens is 361 g/mol. The molecule has 25 heavy (non-hydrogen) atoms. The van der Waals surface area contributed by atoms with Crippen molar-refractivity contribution in [2.45, 2.75) is 32.2 Å². The summed E-state index contributed by atoms with van der Waals surface area (Å²) in [6, 6.07) is 9.46. The van der Waals surface area contributed by atoms with Crippen LogP contribution in [0, 0.1) is 12.8 Å². The quantitative estimate of drug-likeness (QED) is 0.832. The summed E-state index contributed by atoms with van der Waals surface area (Å²) in [4.78, 5) is 16.3. The monoisotopic (exact) mass is 383 g/mol. The van der Waals surface area contributed by atoms with E-state index in [9.17, 15) is 4.79 Å². The molecule has 1 aromatic heterocycles. The van der Waals surface area contributed by atoms with E-state index in [0.717, 1.165) is 36.3 Å². The van der Waals surface area contributed by atoms with Gasteiger partial charge in [0.25, 0.3) is 0 Å². The van der Waals surface area contributed by atoms with Gasteiger partial charge in [0.05, 0.1) is 6.20 Å². The van der Waals surface area contributed by atoms with Gasteiger partial charge in [0.1, 0.15) is 11.5 Å². The number of hydrogen-bond donors (Lipinski definition) is 2. The van der Waals surface area contributed by atoms with Crippen LogP contribution in [-0.4, -0.2) is 16.9 Å².